The van der Waals surface area contributed by atoms with Gasteiger partial charge in [0.05, 0.1) is 42.3 Å². The molecule has 170 valence electrons. The third-order valence-corrected chi connectivity index (χ3v) is 8.14. The van der Waals surface area contributed by atoms with E-state index in [0.29, 0.717) is 18.9 Å². The molecule has 2 heterocycles. The van der Waals surface area contributed by atoms with E-state index in [9.17, 15) is 9.90 Å². The fourth-order valence-electron chi connectivity index (χ4n) is 5.81. The van der Waals surface area contributed by atoms with E-state index in [1.165, 1.54) is 5.56 Å². The number of carbonyl (C=O) groups is 1. The highest BCUT2D eigenvalue weighted by Crippen LogP contribution is 2.48. The van der Waals surface area contributed by atoms with Crippen LogP contribution in [0.1, 0.15) is 56.3 Å². The molecule has 0 atom stereocenters. The SMILES string of the molecule is CN[C@]1(c2ccccc2)CC[C@]2(CC1)CN(c1cnc(C)nc1)C(=O)N2CC1(O)CCC1. The minimum atomic E-state index is -0.751. The first-order valence-corrected chi connectivity index (χ1v) is 11.7. The molecule has 32 heavy (non-hydrogen) atoms. The third-order valence-electron chi connectivity index (χ3n) is 8.14. The van der Waals surface area contributed by atoms with Crippen LogP contribution in [0.4, 0.5) is 10.5 Å². The molecule has 2 N–H and O–H groups in total. The minimum absolute atomic E-state index is 0.0329. The average Bonchev–Trinajstić information content (AvgIpc) is 3.06. The van der Waals surface area contributed by atoms with Gasteiger partial charge in [-0.1, -0.05) is 30.3 Å². The standard InChI is InChI=1S/C25H33N5O2/c1-19-27-15-21(16-28-19)29-17-23(30(22(29)31)18-24(32)9-6-10-24)11-13-25(26-2,14-12-23)20-7-4-3-5-8-20/h3-5,7-8,15-16,26,32H,6,9-14,17-18H2,1-2H3/t23-,25+. The van der Waals surface area contributed by atoms with E-state index in [4.69, 9.17) is 0 Å². The van der Waals surface area contributed by atoms with Crippen molar-refractivity contribution in [1.29, 1.82) is 0 Å². The number of β-amino-alcohol motifs (C(OH)–C–C–N with tert-alkyl or cyclic N) is 1. The van der Waals surface area contributed by atoms with Crippen LogP contribution < -0.4 is 10.2 Å². The van der Waals surface area contributed by atoms with Crippen LogP contribution in [0.5, 0.6) is 0 Å². The fourth-order valence-corrected chi connectivity index (χ4v) is 5.81. The molecule has 3 fully saturated rings. The van der Waals surface area contributed by atoms with Gasteiger partial charge < -0.3 is 15.3 Å². The van der Waals surface area contributed by atoms with Crippen molar-refractivity contribution in [3.8, 4) is 0 Å². The molecule has 3 aliphatic rings. The smallest absolute Gasteiger partial charge is 0.325 e. The van der Waals surface area contributed by atoms with E-state index in [-0.39, 0.29) is 17.1 Å². The molecule has 7 heteroatoms. The normalized spacial score (nSPS) is 29.4. The van der Waals surface area contributed by atoms with E-state index in [0.717, 1.165) is 50.6 Å². The molecule has 1 spiro atoms. The Labute approximate surface area is 189 Å². The minimum Gasteiger partial charge on any atom is -0.388 e. The first-order chi connectivity index (χ1) is 15.4. The Hall–Kier alpha value is -2.51. The van der Waals surface area contributed by atoms with Crippen molar-refractivity contribution >= 4 is 11.7 Å². The van der Waals surface area contributed by atoms with Gasteiger partial charge in [0.15, 0.2) is 0 Å². The van der Waals surface area contributed by atoms with Crippen molar-refractivity contribution in [2.75, 3.05) is 25.0 Å². The summed E-state index contributed by atoms with van der Waals surface area (Å²) in [5.74, 6) is 0.690. The maximum Gasteiger partial charge on any atom is 0.325 e. The monoisotopic (exact) mass is 435 g/mol. The number of aryl methyl sites for hydroxylation is 1. The third kappa shape index (κ3) is 3.48. The zero-order chi connectivity index (χ0) is 22.4. The number of nitrogens with zero attached hydrogens (tertiary/aromatic N) is 4. The van der Waals surface area contributed by atoms with Crippen LogP contribution in [-0.2, 0) is 5.54 Å². The van der Waals surface area contributed by atoms with Crippen molar-refractivity contribution in [1.82, 2.24) is 20.2 Å². The van der Waals surface area contributed by atoms with Crippen LogP contribution in [0.15, 0.2) is 42.7 Å². The second-order valence-electron chi connectivity index (χ2n) is 9.94. The quantitative estimate of drug-likeness (QED) is 0.753. The second kappa shape index (κ2) is 7.81. The van der Waals surface area contributed by atoms with Gasteiger partial charge in [0.2, 0.25) is 0 Å². The second-order valence-corrected chi connectivity index (χ2v) is 9.94. The molecule has 0 unspecified atom stereocenters. The Balaban J connectivity index is 1.45. The van der Waals surface area contributed by atoms with Crippen molar-refractivity contribution in [3.63, 3.8) is 0 Å². The van der Waals surface area contributed by atoms with E-state index in [2.05, 4.69) is 45.6 Å². The summed E-state index contributed by atoms with van der Waals surface area (Å²) < 4.78 is 0. The highest BCUT2D eigenvalue weighted by molar-refractivity contribution is 5.95. The topological polar surface area (TPSA) is 81.6 Å². The first-order valence-electron chi connectivity index (χ1n) is 11.7. The molecule has 0 bridgehead atoms. The molecule has 2 saturated carbocycles. The number of urea groups is 1. The molecule has 7 nitrogen and oxygen atoms in total. The molecule has 2 aromatic rings. The number of rotatable bonds is 5. The first kappa shape index (κ1) is 21.3. The van der Waals surface area contributed by atoms with Crippen molar-refractivity contribution in [2.45, 2.75) is 68.5 Å². The van der Waals surface area contributed by atoms with Crippen molar-refractivity contribution in [2.24, 2.45) is 0 Å². The van der Waals surface area contributed by atoms with Gasteiger partial charge in [-0.05, 0) is 64.5 Å². The summed E-state index contributed by atoms with van der Waals surface area (Å²) in [6.07, 6.45) is 9.68. The van der Waals surface area contributed by atoms with Gasteiger partial charge in [-0.15, -0.1) is 0 Å². The Morgan fingerprint density at radius 1 is 1.03 bits per heavy atom. The number of aromatic nitrogens is 2. The highest BCUT2D eigenvalue weighted by atomic mass is 16.3. The average molecular weight is 436 g/mol. The number of aliphatic hydroxyl groups is 1. The summed E-state index contributed by atoms with van der Waals surface area (Å²) in [6.45, 7) is 2.87. The summed E-state index contributed by atoms with van der Waals surface area (Å²) in [6, 6.07) is 10.6. The maximum absolute atomic E-state index is 13.7. The lowest BCUT2D eigenvalue weighted by Gasteiger charge is -2.50. The van der Waals surface area contributed by atoms with Gasteiger partial charge >= 0.3 is 6.03 Å². The Morgan fingerprint density at radius 3 is 2.25 bits per heavy atom. The van der Waals surface area contributed by atoms with Crippen LogP contribution in [0, 0.1) is 6.92 Å². The molecule has 2 amide bonds. The number of amides is 2. The molecule has 5 rings (SSSR count). The number of carbonyl (C=O) groups excluding carboxylic acids is 1. The van der Waals surface area contributed by atoms with Crippen LogP contribution >= 0.6 is 0 Å². The Kier molecular flexibility index (Phi) is 5.21. The molecular weight excluding hydrogens is 402 g/mol. The van der Waals surface area contributed by atoms with Crippen molar-refractivity contribution < 1.29 is 9.90 Å². The number of hydrogen-bond acceptors (Lipinski definition) is 5. The Morgan fingerprint density at radius 2 is 1.69 bits per heavy atom. The van der Waals surface area contributed by atoms with E-state index < -0.39 is 5.60 Å². The summed E-state index contributed by atoms with van der Waals surface area (Å²) >= 11 is 0. The highest BCUT2D eigenvalue weighted by Gasteiger charge is 2.56. The van der Waals surface area contributed by atoms with Crippen LogP contribution in [0.3, 0.4) is 0 Å². The van der Waals surface area contributed by atoms with Crippen LogP contribution in [0.25, 0.3) is 0 Å². The summed E-state index contributed by atoms with van der Waals surface area (Å²) in [5, 5.41) is 14.6. The predicted molar refractivity (Wildman–Crippen MR) is 123 cm³/mol. The van der Waals surface area contributed by atoms with Crippen molar-refractivity contribution in [3.05, 3.63) is 54.1 Å². The van der Waals surface area contributed by atoms with Gasteiger partial charge in [-0.2, -0.15) is 0 Å². The van der Waals surface area contributed by atoms with Gasteiger partial charge in [0, 0.05) is 5.54 Å². The van der Waals surface area contributed by atoms with E-state index in [1.54, 1.807) is 12.4 Å². The molecule has 1 saturated heterocycles. The zero-order valence-corrected chi connectivity index (χ0v) is 19.0. The number of hydrogen-bond donors (Lipinski definition) is 2. The fraction of sp³-hybridized carbons (Fsp3) is 0.560. The van der Waals surface area contributed by atoms with Crippen LogP contribution in [-0.4, -0.2) is 57.3 Å². The van der Waals surface area contributed by atoms with E-state index >= 15 is 0 Å². The largest absolute Gasteiger partial charge is 0.388 e. The van der Waals surface area contributed by atoms with Gasteiger partial charge in [-0.25, -0.2) is 14.8 Å². The zero-order valence-electron chi connectivity index (χ0n) is 19.0. The van der Waals surface area contributed by atoms with Gasteiger partial charge in [0.1, 0.15) is 5.82 Å². The Bertz CT molecular complexity index is 966. The summed E-state index contributed by atoms with van der Waals surface area (Å²) in [4.78, 5) is 26.1. The molecule has 0 radical (unpaired) electrons. The predicted octanol–water partition coefficient (Wildman–Crippen LogP) is 3.37. The van der Waals surface area contributed by atoms with E-state index in [1.807, 2.05) is 23.8 Å². The molecule has 2 aliphatic carbocycles. The number of nitrogens with one attached hydrogen (secondary N) is 1. The lowest BCUT2D eigenvalue weighted by atomic mass is 9.68. The molecule has 1 aromatic carbocycles. The lowest BCUT2D eigenvalue weighted by Crippen LogP contribution is -2.59. The molecular formula is C25H33N5O2. The lowest BCUT2D eigenvalue weighted by molar-refractivity contribution is -0.0690. The van der Waals surface area contributed by atoms with Crippen LogP contribution in [0.2, 0.25) is 0 Å². The summed E-state index contributed by atoms with van der Waals surface area (Å²) in [5.41, 5.74) is 0.905. The molecule has 1 aromatic heterocycles. The van der Waals surface area contributed by atoms with Gasteiger partial charge in [-0.3, -0.25) is 4.90 Å². The summed E-state index contributed by atoms with van der Waals surface area (Å²) in [7, 11) is 2.04. The van der Waals surface area contributed by atoms with Gasteiger partial charge in [0.25, 0.3) is 0 Å². The maximum atomic E-state index is 13.7. The molecule has 1 aliphatic heterocycles. The number of anilines is 1. The number of benzene rings is 1.